The maximum Gasteiger partial charge on any atom is 0.269 e. The van der Waals surface area contributed by atoms with Gasteiger partial charge in [0, 0.05) is 29.4 Å². The Balaban J connectivity index is 1.72. The van der Waals surface area contributed by atoms with Gasteiger partial charge in [-0.3, -0.25) is 14.9 Å². The van der Waals surface area contributed by atoms with Gasteiger partial charge in [-0.2, -0.15) is 0 Å². The third kappa shape index (κ3) is 3.89. The van der Waals surface area contributed by atoms with Crippen LogP contribution in [0.25, 0.3) is 0 Å². The number of nitro benzene ring substituents is 1. The SMILES string of the molecule is Cc1ccccc1N[C@H]1C[C@H](C)N(C(=O)c2ccc([N+](=O)[O-])cc2)c2c(C)cccc21. The molecule has 1 N–H and O–H groups in total. The molecular weight excluding hydrogens is 390 g/mol. The number of carbonyl (C=O) groups is 1. The first kappa shape index (κ1) is 20.6. The van der Waals surface area contributed by atoms with Crippen molar-refractivity contribution in [1.82, 2.24) is 0 Å². The van der Waals surface area contributed by atoms with E-state index in [2.05, 4.69) is 30.4 Å². The summed E-state index contributed by atoms with van der Waals surface area (Å²) in [5.74, 6) is -0.146. The second-order valence-corrected chi connectivity index (χ2v) is 8.09. The molecule has 1 heterocycles. The summed E-state index contributed by atoms with van der Waals surface area (Å²) in [6.45, 7) is 6.14. The molecule has 1 aliphatic rings. The molecule has 0 radical (unpaired) electrons. The maximum absolute atomic E-state index is 13.5. The minimum Gasteiger partial charge on any atom is -0.378 e. The van der Waals surface area contributed by atoms with E-state index in [0.717, 1.165) is 28.9 Å². The monoisotopic (exact) mass is 415 g/mol. The van der Waals surface area contributed by atoms with Gasteiger partial charge < -0.3 is 10.2 Å². The number of rotatable bonds is 4. The molecule has 0 spiro atoms. The van der Waals surface area contributed by atoms with Gasteiger partial charge in [0.1, 0.15) is 0 Å². The number of nitrogens with zero attached hydrogens (tertiary/aromatic N) is 2. The van der Waals surface area contributed by atoms with Crippen LogP contribution < -0.4 is 10.2 Å². The fourth-order valence-electron chi connectivity index (χ4n) is 4.31. The average Bonchev–Trinajstić information content (AvgIpc) is 2.75. The zero-order valence-electron chi connectivity index (χ0n) is 17.8. The number of benzene rings is 3. The van der Waals surface area contributed by atoms with E-state index in [4.69, 9.17) is 0 Å². The number of nitro groups is 1. The number of para-hydroxylation sites is 2. The lowest BCUT2D eigenvalue weighted by Crippen LogP contribution is -2.44. The van der Waals surface area contributed by atoms with Crippen LogP contribution >= 0.6 is 0 Å². The molecular formula is C25H25N3O3. The molecule has 0 aliphatic carbocycles. The Morgan fingerprint density at radius 2 is 1.68 bits per heavy atom. The molecule has 3 aromatic rings. The highest BCUT2D eigenvalue weighted by atomic mass is 16.6. The molecule has 31 heavy (non-hydrogen) atoms. The molecule has 0 saturated carbocycles. The van der Waals surface area contributed by atoms with Crippen molar-refractivity contribution in [3.8, 4) is 0 Å². The average molecular weight is 415 g/mol. The molecule has 158 valence electrons. The van der Waals surface area contributed by atoms with Crippen molar-refractivity contribution < 1.29 is 9.72 Å². The van der Waals surface area contributed by atoms with Gasteiger partial charge in [0.2, 0.25) is 0 Å². The number of hydrogen-bond acceptors (Lipinski definition) is 4. The quantitative estimate of drug-likeness (QED) is 0.431. The zero-order chi connectivity index (χ0) is 22.1. The smallest absolute Gasteiger partial charge is 0.269 e. The van der Waals surface area contributed by atoms with Gasteiger partial charge in [-0.05, 0) is 62.1 Å². The zero-order valence-corrected chi connectivity index (χ0v) is 17.8. The minimum atomic E-state index is -0.459. The van der Waals surface area contributed by atoms with Gasteiger partial charge in [0.15, 0.2) is 0 Å². The summed E-state index contributed by atoms with van der Waals surface area (Å²) >= 11 is 0. The summed E-state index contributed by atoms with van der Waals surface area (Å²) in [5, 5.41) is 14.6. The second-order valence-electron chi connectivity index (χ2n) is 8.09. The van der Waals surface area contributed by atoms with Gasteiger partial charge >= 0.3 is 0 Å². The largest absolute Gasteiger partial charge is 0.378 e. The van der Waals surface area contributed by atoms with Crippen LogP contribution in [-0.4, -0.2) is 16.9 Å². The van der Waals surface area contributed by atoms with Crippen molar-refractivity contribution in [2.45, 2.75) is 39.3 Å². The van der Waals surface area contributed by atoms with Crippen molar-refractivity contribution in [2.24, 2.45) is 0 Å². The van der Waals surface area contributed by atoms with Gasteiger partial charge in [-0.15, -0.1) is 0 Å². The molecule has 0 unspecified atom stereocenters. The lowest BCUT2D eigenvalue weighted by molar-refractivity contribution is -0.384. The number of non-ortho nitro benzene ring substituents is 1. The summed E-state index contributed by atoms with van der Waals surface area (Å²) < 4.78 is 0. The topological polar surface area (TPSA) is 75.5 Å². The van der Waals surface area contributed by atoms with Crippen LogP contribution in [0.2, 0.25) is 0 Å². The van der Waals surface area contributed by atoms with Crippen molar-refractivity contribution >= 4 is 23.0 Å². The van der Waals surface area contributed by atoms with E-state index < -0.39 is 4.92 Å². The van der Waals surface area contributed by atoms with Crippen LogP contribution in [0.5, 0.6) is 0 Å². The second kappa shape index (κ2) is 8.22. The number of hydrogen-bond donors (Lipinski definition) is 1. The Bertz CT molecular complexity index is 1140. The molecule has 4 rings (SSSR count). The third-order valence-electron chi connectivity index (χ3n) is 5.92. The van der Waals surface area contributed by atoms with E-state index in [1.807, 2.05) is 43.0 Å². The Kier molecular flexibility index (Phi) is 5.46. The molecule has 2 atom stereocenters. The highest BCUT2D eigenvalue weighted by molar-refractivity contribution is 6.07. The summed E-state index contributed by atoms with van der Waals surface area (Å²) in [7, 11) is 0. The van der Waals surface area contributed by atoms with Gasteiger partial charge in [-0.1, -0.05) is 36.4 Å². The Hall–Kier alpha value is -3.67. The summed E-state index contributed by atoms with van der Waals surface area (Å²) in [6.07, 6.45) is 0.753. The highest BCUT2D eigenvalue weighted by Crippen LogP contribution is 2.42. The van der Waals surface area contributed by atoms with Crippen LogP contribution in [0.4, 0.5) is 17.1 Å². The first-order valence-electron chi connectivity index (χ1n) is 10.4. The van der Waals surface area contributed by atoms with Gasteiger partial charge in [0.25, 0.3) is 11.6 Å². The van der Waals surface area contributed by atoms with E-state index in [9.17, 15) is 14.9 Å². The van der Waals surface area contributed by atoms with E-state index in [1.165, 1.54) is 29.8 Å². The summed E-state index contributed by atoms with van der Waals surface area (Å²) in [5.41, 5.74) is 5.69. The van der Waals surface area contributed by atoms with Crippen molar-refractivity contribution in [2.75, 3.05) is 10.2 Å². The predicted octanol–water partition coefficient (Wildman–Crippen LogP) is 5.80. The fourth-order valence-corrected chi connectivity index (χ4v) is 4.31. The number of nitrogens with one attached hydrogen (secondary N) is 1. The van der Waals surface area contributed by atoms with E-state index >= 15 is 0 Å². The van der Waals surface area contributed by atoms with E-state index in [0.29, 0.717) is 5.56 Å². The van der Waals surface area contributed by atoms with Gasteiger partial charge in [-0.25, -0.2) is 0 Å². The number of anilines is 2. The van der Waals surface area contributed by atoms with Crippen LogP contribution in [0.3, 0.4) is 0 Å². The first-order chi connectivity index (χ1) is 14.9. The van der Waals surface area contributed by atoms with Crippen molar-refractivity contribution in [1.29, 1.82) is 0 Å². The van der Waals surface area contributed by atoms with Crippen molar-refractivity contribution in [3.05, 3.63) is 99.1 Å². The molecule has 6 nitrogen and oxygen atoms in total. The Morgan fingerprint density at radius 3 is 2.35 bits per heavy atom. The summed E-state index contributed by atoms with van der Waals surface area (Å²) in [6, 6.07) is 20.1. The van der Waals surface area contributed by atoms with Gasteiger partial charge in [0.05, 0.1) is 16.7 Å². The van der Waals surface area contributed by atoms with Crippen LogP contribution in [0, 0.1) is 24.0 Å². The van der Waals surface area contributed by atoms with E-state index in [1.54, 1.807) is 0 Å². The Labute approximate surface area is 181 Å². The van der Waals surface area contributed by atoms with Crippen molar-refractivity contribution in [3.63, 3.8) is 0 Å². The third-order valence-corrected chi connectivity index (χ3v) is 5.92. The molecule has 6 heteroatoms. The van der Waals surface area contributed by atoms with Crippen LogP contribution in [-0.2, 0) is 0 Å². The lowest BCUT2D eigenvalue weighted by Gasteiger charge is -2.41. The number of fused-ring (bicyclic) bond motifs is 1. The fraction of sp³-hybridized carbons (Fsp3) is 0.240. The number of amides is 1. The molecule has 0 aromatic heterocycles. The predicted molar refractivity (Wildman–Crippen MR) is 123 cm³/mol. The normalized spacial score (nSPS) is 17.7. The standard InChI is InChI=1S/C25H25N3O3/c1-16-7-4-5-10-22(16)26-23-15-18(3)27(24-17(2)8-6-9-21(23)24)25(29)19-11-13-20(14-12-19)28(30)31/h4-14,18,23,26H,15H2,1-3H3/t18-,23-/m0/s1. The molecule has 0 bridgehead atoms. The van der Waals surface area contributed by atoms with Crippen LogP contribution in [0.1, 0.15) is 46.4 Å². The molecule has 3 aromatic carbocycles. The van der Waals surface area contributed by atoms with E-state index in [-0.39, 0.29) is 23.7 Å². The molecule has 0 fully saturated rings. The van der Waals surface area contributed by atoms with Crippen LogP contribution in [0.15, 0.2) is 66.7 Å². The molecule has 1 aliphatic heterocycles. The highest BCUT2D eigenvalue weighted by Gasteiger charge is 2.35. The number of carbonyl (C=O) groups excluding carboxylic acids is 1. The molecule has 0 saturated heterocycles. The first-order valence-corrected chi connectivity index (χ1v) is 10.4. The number of aryl methyl sites for hydroxylation is 2. The lowest BCUT2D eigenvalue weighted by atomic mass is 9.88. The minimum absolute atomic E-state index is 0.0256. The summed E-state index contributed by atoms with van der Waals surface area (Å²) in [4.78, 5) is 25.8. The molecule has 1 amide bonds. The Morgan fingerprint density at radius 1 is 1.00 bits per heavy atom. The maximum atomic E-state index is 13.5.